The molecule has 126 valence electrons. The molecule has 0 fully saturated rings. The van der Waals surface area contributed by atoms with Crippen molar-refractivity contribution in [1.82, 2.24) is 40.0 Å². The molecule has 0 spiro atoms. The topological polar surface area (TPSA) is 125 Å². The summed E-state index contributed by atoms with van der Waals surface area (Å²) in [6.07, 6.45) is 3.35. The maximum Gasteiger partial charge on any atom is 0.226 e. The summed E-state index contributed by atoms with van der Waals surface area (Å²) in [6, 6.07) is 0.173. The van der Waals surface area contributed by atoms with E-state index in [9.17, 15) is 0 Å². The fourth-order valence-electron chi connectivity index (χ4n) is 2.93. The lowest BCUT2D eigenvalue weighted by molar-refractivity contribution is 0.366. The second-order valence-corrected chi connectivity index (χ2v) is 7.05. The van der Waals surface area contributed by atoms with Gasteiger partial charge in [0, 0.05) is 19.0 Å². The highest BCUT2D eigenvalue weighted by atomic mass is 15.5. The van der Waals surface area contributed by atoms with Crippen LogP contribution in [0.1, 0.15) is 33.0 Å². The minimum absolute atomic E-state index is 0.173. The molecular formula is C14H20N10. The number of rotatable bonds is 2. The number of fused-ring (bicyclic) bond motifs is 2. The van der Waals surface area contributed by atoms with E-state index >= 15 is 0 Å². The van der Waals surface area contributed by atoms with Crippen molar-refractivity contribution in [2.24, 2.45) is 0 Å². The molecule has 4 rings (SSSR count). The first-order valence-electron chi connectivity index (χ1n) is 7.95. The van der Waals surface area contributed by atoms with Crippen LogP contribution in [0.5, 0.6) is 0 Å². The Hall–Kier alpha value is -2.78. The van der Waals surface area contributed by atoms with Crippen LogP contribution in [0.2, 0.25) is 0 Å². The lowest BCUT2D eigenvalue weighted by Crippen LogP contribution is -2.31. The van der Waals surface area contributed by atoms with Crippen LogP contribution >= 0.6 is 0 Å². The Morgan fingerprint density at radius 1 is 1.29 bits per heavy atom. The van der Waals surface area contributed by atoms with E-state index in [1.54, 1.807) is 6.20 Å². The van der Waals surface area contributed by atoms with Crippen LogP contribution in [0.25, 0.3) is 11.0 Å². The quantitative estimate of drug-likeness (QED) is 0.699. The lowest BCUT2D eigenvalue weighted by Gasteiger charge is -2.23. The van der Waals surface area contributed by atoms with E-state index in [0.717, 1.165) is 36.2 Å². The number of nitrogen functional groups attached to an aromatic ring is 1. The van der Waals surface area contributed by atoms with Gasteiger partial charge in [-0.15, -0.1) is 5.10 Å². The molecule has 3 aromatic rings. The molecule has 3 N–H and O–H groups in total. The maximum absolute atomic E-state index is 6.10. The van der Waals surface area contributed by atoms with Gasteiger partial charge in [-0.1, -0.05) is 0 Å². The number of hydrogen-bond acceptors (Lipinski definition) is 8. The van der Waals surface area contributed by atoms with Crippen LogP contribution in [-0.2, 0) is 18.5 Å². The molecule has 10 heteroatoms. The zero-order chi connectivity index (χ0) is 16.9. The average Bonchev–Trinajstić information content (AvgIpc) is 3.12. The average molecular weight is 328 g/mol. The molecule has 0 bridgehead atoms. The van der Waals surface area contributed by atoms with Gasteiger partial charge in [0.2, 0.25) is 5.95 Å². The van der Waals surface area contributed by atoms with E-state index in [-0.39, 0.29) is 11.6 Å². The predicted molar refractivity (Wildman–Crippen MR) is 88.3 cm³/mol. The highest BCUT2D eigenvalue weighted by molar-refractivity contribution is 5.86. The summed E-state index contributed by atoms with van der Waals surface area (Å²) >= 11 is 0. The third kappa shape index (κ3) is 2.43. The first-order valence-corrected chi connectivity index (χ1v) is 7.95. The lowest BCUT2D eigenvalue weighted by atomic mass is 10.1. The Morgan fingerprint density at radius 2 is 2.12 bits per heavy atom. The molecule has 1 aliphatic rings. The zero-order valence-electron chi connectivity index (χ0n) is 13.9. The number of aryl methyl sites for hydroxylation is 1. The van der Waals surface area contributed by atoms with E-state index in [1.807, 2.05) is 9.36 Å². The Morgan fingerprint density at radius 3 is 2.92 bits per heavy atom. The summed E-state index contributed by atoms with van der Waals surface area (Å²) in [5, 5.41) is 20.2. The summed E-state index contributed by atoms with van der Waals surface area (Å²) < 4.78 is 3.69. The summed E-state index contributed by atoms with van der Waals surface area (Å²) in [7, 11) is 0. The van der Waals surface area contributed by atoms with Gasteiger partial charge >= 0.3 is 0 Å². The van der Waals surface area contributed by atoms with Crippen LogP contribution < -0.4 is 11.1 Å². The van der Waals surface area contributed by atoms with E-state index < -0.39 is 0 Å². The van der Waals surface area contributed by atoms with Crippen LogP contribution in [0.4, 0.5) is 11.8 Å². The number of nitrogens with two attached hydrogens (primary N) is 1. The van der Waals surface area contributed by atoms with Gasteiger partial charge in [-0.3, -0.25) is 0 Å². The van der Waals surface area contributed by atoms with Crippen molar-refractivity contribution in [3.05, 3.63) is 12.0 Å². The standard InChI is InChI=1S/C14H20N10/c1-14(2,3)24-12-9(7-16-24)11(15)18-13(19-12)17-8-4-5-23-10(6-8)20-21-22-23/h7-8H,4-6H2,1-3H3,(H3,15,17,18,19). The highest BCUT2D eigenvalue weighted by Crippen LogP contribution is 2.25. The molecule has 0 amide bonds. The predicted octanol–water partition coefficient (Wildman–Crippen LogP) is 0.577. The van der Waals surface area contributed by atoms with Crippen molar-refractivity contribution in [2.75, 3.05) is 11.1 Å². The number of nitrogens with one attached hydrogen (secondary N) is 1. The van der Waals surface area contributed by atoms with Crippen molar-refractivity contribution in [3.8, 4) is 0 Å². The summed E-state index contributed by atoms with van der Waals surface area (Å²) in [6.45, 7) is 7.00. The third-order valence-electron chi connectivity index (χ3n) is 4.15. The van der Waals surface area contributed by atoms with E-state index in [0.29, 0.717) is 11.8 Å². The molecule has 24 heavy (non-hydrogen) atoms. The van der Waals surface area contributed by atoms with Crippen LogP contribution in [0.15, 0.2) is 6.20 Å². The number of hydrogen-bond donors (Lipinski definition) is 2. The molecule has 1 aliphatic heterocycles. The van der Waals surface area contributed by atoms with Crippen LogP contribution in [-0.4, -0.2) is 46.0 Å². The molecule has 0 aromatic carbocycles. The van der Waals surface area contributed by atoms with Gasteiger partial charge in [0.25, 0.3) is 0 Å². The van der Waals surface area contributed by atoms with Crippen molar-refractivity contribution >= 4 is 22.8 Å². The molecule has 1 unspecified atom stereocenters. The fourth-order valence-corrected chi connectivity index (χ4v) is 2.93. The van der Waals surface area contributed by atoms with Gasteiger partial charge in [0.15, 0.2) is 11.5 Å². The van der Waals surface area contributed by atoms with Crippen LogP contribution in [0.3, 0.4) is 0 Å². The van der Waals surface area contributed by atoms with E-state index in [4.69, 9.17) is 5.73 Å². The molecule has 10 nitrogen and oxygen atoms in total. The fraction of sp³-hybridized carbons (Fsp3) is 0.571. The van der Waals surface area contributed by atoms with Gasteiger partial charge in [0.1, 0.15) is 5.82 Å². The monoisotopic (exact) mass is 328 g/mol. The van der Waals surface area contributed by atoms with Crippen molar-refractivity contribution in [3.63, 3.8) is 0 Å². The van der Waals surface area contributed by atoms with Gasteiger partial charge < -0.3 is 11.1 Å². The normalized spacial score (nSPS) is 17.9. The second-order valence-electron chi connectivity index (χ2n) is 7.05. The van der Waals surface area contributed by atoms with Crippen molar-refractivity contribution in [1.29, 1.82) is 0 Å². The summed E-state index contributed by atoms with van der Waals surface area (Å²) in [4.78, 5) is 9.02. The van der Waals surface area contributed by atoms with Crippen molar-refractivity contribution in [2.45, 2.75) is 51.7 Å². The van der Waals surface area contributed by atoms with Crippen molar-refractivity contribution < 1.29 is 0 Å². The second kappa shape index (κ2) is 5.11. The SMILES string of the molecule is CC(C)(C)n1ncc2c(N)nc(NC3CCn4nnnc4C3)nc21. The Balaban J connectivity index is 1.65. The molecule has 1 atom stereocenters. The molecular weight excluding hydrogens is 308 g/mol. The molecule has 3 aromatic heterocycles. The van der Waals surface area contributed by atoms with Gasteiger partial charge in [0.05, 0.1) is 17.1 Å². The summed E-state index contributed by atoms with van der Waals surface area (Å²) in [5.41, 5.74) is 6.64. The Bertz CT molecular complexity index is 887. The van der Waals surface area contributed by atoms with Gasteiger partial charge in [-0.2, -0.15) is 15.1 Å². The molecule has 0 saturated heterocycles. The van der Waals surface area contributed by atoms with Gasteiger partial charge in [-0.25, -0.2) is 9.36 Å². The first kappa shape index (κ1) is 14.8. The number of anilines is 2. The van der Waals surface area contributed by atoms with Gasteiger partial charge in [-0.05, 0) is 37.6 Å². The minimum atomic E-state index is -0.188. The third-order valence-corrected chi connectivity index (χ3v) is 4.15. The van der Waals surface area contributed by atoms with E-state index in [2.05, 4.69) is 56.7 Å². The highest BCUT2D eigenvalue weighted by Gasteiger charge is 2.23. The Kier molecular flexibility index (Phi) is 3.15. The first-order chi connectivity index (χ1) is 11.4. The van der Waals surface area contributed by atoms with E-state index in [1.165, 1.54) is 0 Å². The van der Waals surface area contributed by atoms with Crippen LogP contribution in [0, 0.1) is 0 Å². The Labute approximate surface area is 138 Å². The summed E-state index contributed by atoms with van der Waals surface area (Å²) in [5.74, 6) is 1.81. The number of tetrazole rings is 1. The maximum atomic E-state index is 6.10. The number of nitrogens with zero attached hydrogens (tertiary/aromatic N) is 8. The molecule has 4 heterocycles. The minimum Gasteiger partial charge on any atom is -0.383 e. The zero-order valence-corrected chi connectivity index (χ0v) is 13.9. The molecule has 0 radical (unpaired) electrons. The molecule has 0 saturated carbocycles. The largest absolute Gasteiger partial charge is 0.383 e. The molecule has 0 aliphatic carbocycles. The number of aromatic nitrogens is 8. The smallest absolute Gasteiger partial charge is 0.226 e.